The fourth-order valence-electron chi connectivity index (χ4n) is 2.47. The van der Waals surface area contributed by atoms with Crippen molar-refractivity contribution < 1.29 is 4.74 Å². The lowest BCUT2D eigenvalue weighted by molar-refractivity contribution is -0.0572. The summed E-state index contributed by atoms with van der Waals surface area (Å²) in [5, 5.41) is 3.17. The summed E-state index contributed by atoms with van der Waals surface area (Å²) >= 11 is 0. The van der Waals surface area contributed by atoms with Crippen LogP contribution >= 0.6 is 0 Å². The first-order valence-corrected chi connectivity index (χ1v) is 7.28. The van der Waals surface area contributed by atoms with Crippen LogP contribution in [0.25, 0.3) is 0 Å². The molecule has 0 atom stereocenters. The molecule has 0 aliphatic heterocycles. The average Bonchev–Trinajstić information content (AvgIpc) is 2.45. The Morgan fingerprint density at radius 2 is 1.74 bits per heavy atom. The van der Waals surface area contributed by atoms with Gasteiger partial charge in [-0.1, -0.05) is 20.8 Å². The summed E-state index contributed by atoms with van der Waals surface area (Å²) in [6.07, 6.45) is 2.67. The maximum absolute atomic E-state index is 6.00. The average molecular weight is 265 g/mol. The van der Waals surface area contributed by atoms with Crippen molar-refractivity contribution in [3.8, 4) is 0 Å². The van der Waals surface area contributed by atoms with Crippen LogP contribution in [0.5, 0.6) is 0 Å². The van der Waals surface area contributed by atoms with Crippen molar-refractivity contribution in [3.05, 3.63) is 17.1 Å². The largest absolute Gasteiger partial charge is 0.373 e. The number of nitrogens with zero attached hydrogens (tertiary/aromatic N) is 2. The third kappa shape index (κ3) is 3.06. The number of rotatable bonds is 7. The first kappa shape index (κ1) is 15.9. The van der Waals surface area contributed by atoms with Crippen LogP contribution in [0.15, 0.2) is 0 Å². The lowest BCUT2D eigenvalue weighted by atomic mass is 9.95. The number of anilines is 1. The molecule has 0 radical (unpaired) electrons. The molecule has 0 aromatic carbocycles. The fraction of sp³-hybridized carbons (Fsp3) is 0.733. The number of aromatic nitrogens is 2. The van der Waals surface area contributed by atoms with E-state index in [0.29, 0.717) is 6.61 Å². The summed E-state index contributed by atoms with van der Waals surface area (Å²) in [7, 11) is 1.90. The van der Waals surface area contributed by atoms with Crippen molar-refractivity contribution in [2.45, 2.75) is 59.5 Å². The summed E-state index contributed by atoms with van der Waals surface area (Å²) in [5.74, 6) is 1.72. The molecule has 1 aromatic rings. The van der Waals surface area contributed by atoms with Crippen molar-refractivity contribution in [3.63, 3.8) is 0 Å². The van der Waals surface area contributed by atoms with Gasteiger partial charge in [0.05, 0.1) is 0 Å². The molecule has 0 fully saturated rings. The molecule has 19 heavy (non-hydrogen) atoms. The minimum absolute atomic E-state index is 0.363. The summed E-state index contributed by atoms with van der Waals surface area (Å²) in [6, 6.07) is 0. The molecule has 4 nitrogen and oxygen atoms in total. The normalized spacial score (nSPS) is 11.7. The first-order valence-electron chi connectivity index (χ1n) is 7.28. The van der Waals surface area contributed by atoms with Crippen LogP contribution in [0, 0.1) is 6.92 Å². The van der Waals surface area contributed by atoms with Crippen LogP contribution in [-0.2, 0) is 16.8 Å². The van der Waals surface area contributed by atoms with Crippen LogP contribution in [-0.4, -0.2) is 23.6 Å². The van der Waals surface area contributed by atoms with E-state index in [9.17, 15) is 0 Å². The Hall–Kier alpha value is -1.16. The number of hydrogen-bond donors (Lipinski definition) is 1. The van der Waals surface area contributed by atoms with Crippen molar-refractivity contribution in [1.29, 1.82) is 0 Å². The van der Waals surface area contributed by atoms with Gasteiger partial charge in [0, 0.05) is 24.9 Å². The molecule has 1 N–H and O–H groups in total. The second-order valence-corrected chi connectivity index (χ2v) is 4.71. The molecule has 1 heterocycles. The smallest absolute Gasteiger partial charge is 0.162 e. The van der Waals surface area contributed by atoms with E-state index in [2.05, 4.69) is 38.0 Å². The Bertz CT molecular complexity index is 389. The Morgan fingerprint density at radius 1 is 1.11 bits per heavy atom. The van der Waals surface area contributed by atoms with Gasteiger partial charge in [0.1, 0.15) is 11.4 Å². The third-order valence-corrected chi connectivity index (χ3v) is 3.79. The van der Waals surface area contributed by atoms with Gasteiger partial charge in [-0.15, -0.1) is 0 Å². The van der Waals surface area contributed by atoms with Gasteiger partial charge in [-0.05, 0) is 33.1 Å². The highest BCUT2D eigenvalue weighted by molar-refractivity contribution is 5.45. The van der Waals surface area contributed by atoms with Gasteiger partial charge in [0.2, 0.25) is 0 Å². The number of nitrogens with one attached hydrogen (secondary N) is 1. The second-order valence-electron chi connectivity index (χ2n) is 4.71. The Labute approximate surface area is 117 Å². The minimum atomic E-state index is -0.363. The zero-order valence-corrected chi connectivity index (χ0v) is 13.1. The topological polar surface area (TPSA) is 47.0 Å². The predicted molar refractivity (Wildman–Crippen MR) is 79.6 cm³/mol. The van der Waals surface area contributed by atoms with Crippen molar-refractivity contribution >= 4 is 5.82 Å². The van der Waals surface area contributed by atoms with Crippen LogP contribution in [0.4, 0.5) is 5.82 Å². The van der Waals surface area contributed by atoms with E-state index < -0.39 is 0 Å². The Morgan fingerprint density at radius 3 is 2.16 bits per heavy atom. The molecular formula is C15H27N3O. The van der Waals surface area contributed by atoms with Crippen LogP contribution < -0.4 is 5.32 Å². The molecule has 0 amide bonds. The number of aryl methyl sites for hydroxylation is 1. The van der Waals surface area contributed by atoms with Crippen molar-refractivity contribution in [2.75, 3.05) is 19.0 Å². The molecule has 0 saturated heterocycles. The van der Waals surface area contributed by atoms with E-state index in [-0.39, 0.29) is 5.60 Å². The molecule has 0 aliphatic rings. The zero-order valence-electron chi connectivity index (χ0n) is 13.1. The van der Waals surface area contributed by atoms with Gasteiger partial charge in [0.15, 0.2) is 5.82 Å². The highest BCUT2D eigenvalue weighted by atomic mass is 16.5. The highest BCUT2D eigenvalue weighted by Crippen LogP contribution is 2.32. The molecule has 0 spiro atoms. The zero-order chi connectivity index (χ0) is 14.5. The predicted octanol–water partition coefficient (Wildman–Crippen LogP) is 3.44. The van der Waals surface area contributed by atoms with Gasteiger partial charge >= 0.3 is 0 Å². The molecule has 1 aromatic heterocycles. The van der Waals surface area contributed by atoms with Gasteiger partial charge in [-0.3, -0.25) is 0 Å². The quantitative estimate of drug-likeness (QED) is 0.820. The maximum Gasteiger partial charge on any atom is 0.162 e. The SMILES string of the molecule is CCOC(CC)(CC)c1nc(CC)c(C)c(NC)n1. The van der Waals surface area contributed by atoms with Crippen molar-refractivity contribution in [1.82, 2.24) is 9.97 Å². The monoisotopic (exact) mass is 265 g/mol. The van der Waals surface area contributed by atoms with E-state index in [1.54, 1.807) is 0 Å². The molecule has 4 heteroatoms. The van der Waals surface area contributed by atoms with Crippen LogP contribution in [0.2, 0.25) is 0 Å². The molecule has 0 unspecified atom stereocenters. The van der Waals surface area contributed by atoms with Gasteiger partial charge in [0.25, 0.3) is 0 Å². The van der Waals surface area contributed by atoms with Gasteiger partial charge in [-0.25, -0.2) is 9.97 Å². The summed E-state index contributed by atoms with van der Waals surface area (Å²) in [6.45, 7) is 11.1. The number of ether oxygens (including phenoxy) is 1. The highest BCUT2D eigenvalue weighted by Gasteiger charge is 2.33. The lowest BCUT2D eigenvalue weighted by Gasteiger charge is -2.31. The van der Waals surface area contributed by atoms with Gasteiger partial charge in [-0.2, -0.15) is 0 Å². The molecule has 108 valence electrons. The third-order valence-electron chi connectivity index (χ3n) is 3.79. The van der Waals surface area contributed by atoms with E-state index in [1.165, 1.54) is 0 Å². The van der Waals surface area contributed by atoms with Crippen LogP contribution in [0.3, 0.4) is 0 Å². The summed E-state index contributed by atoms with van der Waals surface area (Å²) in [4.78, 5) is 9.44. The molecule has 1 rings (SSSR count). The molecule has 0 saturated carbocycles. The number of hydrogen-bond acceptors (Lipinski definition) is 4. The second kappa shape index (κ2) is 6.85. The Balaban J connectivity index is 3.38. The Kier molecular flexibility index (Phi) is 5.73. The van der Waals surface area contributed by atoms with E-state index in [4.69, 9.17) is 9.72 Å². The summed E-state index contributed by atoms with van der Waals surface area (Å²) < 4.78 is 6.00. The first-order chi connectivity index (χ1) is 9.08. The maximum atomic E-state index is 6.00. The van der Waals surface area contributed by atoms with E-state index >= 15 is 0 Å². The lowest BCUT2D eigenvalue weighted by Crippen LogP contribution is -2.31. The summed E-state index contributed by atoms with van der Waals surface area (Å²) in [5.41, 5.74) is 1.87. The molecule has 0 bridgehead atoms. The fourth-order valence-corrected chi connectivity index (χ4v) is 2.47. The van der Waals surface area contributed by atoms with E-state index in [0.717, 1.165) is 42.2 Å². The van der Waals surface area contributed by atoms with Gasteiger partial charge < -0.3 is 10.1 Å². The minimum Gasteiger partial charge on any atom is -0.373 e. The van der Waals surface area contributed by atoms with E-state index in [1.807, 2.05) is 14.0 Å². The van der Waals surface area contributed by atoms with Crippen LogP contribution in [0.1, 0.15) is 57.6 Å². The molecular weight excluding hydrogens is 238 g/mol. The van der Waals surface area contributed by atoms with Crippen molar-refractivity contribution in [2.24, 2.45) is 0 Å². The standard InChI is InChI=1S/C15H27N3O/c1-7-12-11(5)13(16-6)18-14(17-12)15(8-2,9-3)19-10-4/h7-10H2,1-6H3,(H,16,17,18). The molecule has 0 aliphatic carbocycles.